The van der Waals surface area contributed by atoms with E-state index in [1.165, 1.54) is 12.1 Å². The molecule has 4 atom stereocenters. The molecule has 4 rings (SSSR count). The monoisotopic (exact) mass is 372 g/mol. The molecule has 142 valence electrons. The molecule has 27 heavy (non-hydrogen) atoms. The zero-order chi connectivity index (χ0) is 19.0. The van der Waals surface area contributed by atoms with Gasteiger partial charge in [0.1, 0.15) is 18.1 Å². The summed E-state index contributed by atoms with van der Waals surface area (Å²) < 4.78 is 33.0. The number of rotatable bonds is 2. The molecule has 2 aromatic carbocycles. The summed E-state index contributed by atoms with van der Waals surface area (Å²) in [6.07, 6.45) is -1.42. The Morgan fingerprint density at radius 2 is 1.89 bits per heavy atom. The molecule has 0 aromatic heterocycles. The van der Waals surface area contributed by atoms with Crippen molar-refractivity contribution in [2.45, 2.75) is 37.2 Å². The van der Waals surface area contributed by atoms with Crippen LogP contribution in [0.1, 0.15) is 29.2 Å². The maximum atomic E-state index is 14.0. The number of hydrogen-bond acceptors (Lipinski definition) is 3. The quantitative estimate of drug-likeness (QED) is 0.882. The largest absolute Gasteiger partial charge is 0.367 e. The van der Waals surface area contributed by atoms with Gasteiger partial charge in [0, 0.05) is 13.0 Å². The maximum absolute atomic E-state index is 14.0. The molecule has 2 aliphatic heterocycles. The Balaban J connectivity index is 1.68. The highest BCUT2D eigenvalue weighted by Gasteiger charge is 2.39. The Morgan fingerprint density at radius 1 is 1.15 bits per heavy atom. The molecule has 4 nitrogen and oxygen atoms in total. The van der Waals surface area contributed by atoms with Crippen LogP contribution in [0.2, 0.25) is 0 Å². The summed E-state index contributed by atoms with van der Waals surface area (Å²) in [4.78, 5) is 14.9. The summed E-state index contributed by atoms with van der Waals surface area (Å²) in [7, 11) is 0. The van der Waals surface area contributed by atoms with Crippen molar-refractivity contribution in [2.24, 2.45) is 5.73 Å². The van der Waals surface area contributed by atoms with Gasteiger partial charge in [0.25, 0.3) is 5.91 Å². The molecule has 0 saturated carbocycles. The summed E-state index contributed by atoms with van der Waals surface area (Å²) in [6.45, 7) is 0.532. The number of alkyl halides is 1. The van der Waals surface area contributed by atoms with Gasteiger partial charge in [-0.05, 0) is 35.2 Å². The fourth-order valence-corrected chi connectivity index (χ4v) is 3.94. The number of hydrogen-bond donors (Lipinski definition) is 1. The van der Waals surface area contributed by atoms with Crippen LogP contribution in [-0.4, -0.2) is 42.3 Å². The molecule has 0 aliphatic carbocycles. The van der Waals surface area contributed by atoms with Crippen LogP contribution >= 0.6 is 0 Å². The second-order valence-electron chi connectivity index (χ2n) is 7.17. The van der Waals surface area contributed by atoms with Gasteiger partial charge in [-0.15, -0.1) is 0 Å². The van der Waals surface area contributed by atoms with E-state index in [1.54, 1.807) is 17.0 Å². The molecule has 1 fully saturated rings. The zero-order valence-corrected chi connectivity index (χ0v) is 14.9. The maximum Gasteiger partial charge on any atom is 0.252 e. The molecule has 1 amide bonds. The molecule has 0 spiro atoms. The Morgan fingerprint density at radius 3 is 2.63 bits per heavy atom. The van der Waals surface area contributed by atoms with Crippen LogP contribution in [0.25, 0.3) is 0 Å². The molecule has 0 bridgehead atoms. The topological polar surface area (TPSA) is 55.6 Å². The molecule has 6 heteroatoms. The van der Waals surface area contributed by atoms with Crippen LogP contribution in [0.3, 0.4) is 0 Å². The number of carbonyl (C=O) groups excluding carboxylic acids is 1. The van der Waals surface area contributed by atoms with Crippen LogP contribution in [0.15, 0.2) is 48.5 Å². The third-order valence-corrected chi connectivity index (χ3v) is 5.42. The summed E-state index contributed by atoms with van der Waals surface area (Å²) in [6, 6.07) is 13.1. The standard InChI is InChI=1S/C21H22F2N2O2/c22-15-7-5-14(6-8-15)20-16-4-2-1-3-13(16)9-10-25(20)21(26)19-11-17(23)18(24)12-27-19/h1-8,17-20H,9-12,24H2/t17-,18-,19+,20-/m0/s1. The Bertz CT molecular complexity index is 827. The zero-order valence-electron chi connectivity index (χ0n) is 14.9. The van der Waals surface area contributed by atoms with Gasteiger partial charge in [-0.2, -0.15) is 0 Å². The van der Waals surface area contributed by atoms with Crippen molar-refractivity contribution < 1.29 is 18.3 Å². The van der Waals surface area contributed by atoms with E-state index >= 15 is 0 Å². The SMILES string of the molecule is N[C@H]1CO[C@@H](C(=O)N2CCc3ccccc3[C@@H]2c2ccc(F)cc2)C[C@@H]1F. The summed E-state index contributed by atoms with van der Waals surface area (Å²) in [5.74, 6) is -0.570. The third-order valence-electron chi connectivity index (χ3n) is 5.42. The minimum atomic E-state index is -1.26. The lowest BCUT2D eigenvalue weighted by Gasteiger charge is -2.40. The minimum absolute atomic E-state index is 0.0310. The van der Waals surface area contributed by atoms with E-state index in [-0.39, 0.29) is 30.8 Å². The first-order valence-corrected chi connectivity index (χ1v) is 9.19. The lowest BCUT2D eigenvalue weighted by molar-refractivity contribution is -0.152. The molecular weight excluding hydrogens is 350 g/mol. The van der Waals surface area contributed by atoms with Crippen LogP contribution in [0.5, 0.6) is 0 Å². The molecule has 0 unspecified atom stereocenters. The third kappa shape index (κ3) is 3.47. The number of fused-ring (bicyclic) bond motifs is 1. The fraction of sp³-hybridized carbons (Fsp3) is 0.381. The summed E-state index contributed by atoms with van der Waals surface area (Å²) in [5, 5.41) is 0. The van der Waals surface area contributed by atoms with E-state index in [9.17, 15) is 13.6 Å². The van der Waals surface area contributed by atoms with E-state index in [0.717, 1.165) is 16.7 Å². The number of ether oxygens (including phenoxy) is 1. The second kappa shape index (κ2) is 7.37. The number of nitrogens with two attached hydrogens (primary N) is 1. The van der Waals surface area contributed by atoms with Crippen molar-refractivity contribution in [3.05, 3.63) is 71.0 Å². The predicted octanol–water partition coefficient (Wildman–Crippen LogP) is 2.75. The lowest BCUT2D eigenvalue weighted by Crippen LogP contribution is -2.52. The summed E-state index contributed by atoms with van der Waals surface area (Å²) >= 11 is 0. The summed E-state index contributed by atoms with van der Waals surface area (Å²) in [5.41, 5.74) is 8.64. The molecule has 2 heterocycles. The highest BCUT2D eigenvalue weighted by Crippen LogP contribution is 2.36. The average Bonchev–Trinajstić information content (AvgIpc) is 2.69. The molecule has 1 saturated heterocycles. The fourth-order valence-electron chi connectivity index (χ4n) is 3.94. The number of halogens is 2. The van der Waals surface area contributed by atoms with Crippen molar-refractivity contribution in [3.8, 4) is 0 Å². The predicted molar refractivity (Wildman–Crippen MR) is 97.3 cm³/mol. The van der Waals surface area contributed by atoms with E-state index in [0.29, 0.717) is 13.0 Å². The molecule has 0 radical (unpaired) electrons. The normalized spacial score (nSPS) is 27.9. The van der Waals surface area contributed by atoms with Crippen LogP contribution in [-0.2, 0) is 16.0 Å². The first-order valence-electron chi connectivity index (χ1n) is 9.19. The van der Waals surface area contributed by atoms with Crippen molar-refractivity contribution in [1.82, 2.24) is 4.90 Å². The van der Waals surface area contributed by atoms with Gasteiger partial charge in [-0.3, -0.25) is 4.79 Å². The van der Waals surface area contributed by atoms with E-state index in [2.05, 4.69) is 0 Å². The van der Waals surface area contributed by atoms with Gasteiger partial charge in [-0.25, -0.2) is 8.78 Å². The van der Waals surface area contributed by atoms with Crippen molar-refractivity contribution in [3.63, 3.8) is 0 Å². The van der Waals surface area contributed by atoms with E-state index in [1.807, 2.05) is 24.3 Å². The van der Waals surface area contributed by atoms with Gasteiger partial charge in [0.15, 0.2) is 0 Å². The lowest BCUT2D eigenvalue weighted by atomic mass is 9.87. The number of carbonyl (C=O) groups is 1. The first kappa shape index (κ1) is 18.1. The molecular formula is C21H22F2N2O2. The van der Waals surface area contributed by atoms with E-state index < -0.39 is 18.3 Å². The van der Waals surface area contributed by atoms with Crippen molar-refractivity contribution >= 4 is 5.91 Å². The smallest absolute Gasteiger partial charge is 0.252 e. The molecule has 2 aliphatic rings. The Kier molecular flexibility index (Phi) is 4.93. The van der Waals surface area contributed by atoms with Crippen LogP contribution in [0.4, 0.5) is 8.78 Å². The van der Waals surface area contributed by atoms with E-state index in [4.69, 9.17) is 10.5 Å². The van der Waals surface area contributed by atoms with Gasteiger partial charge in [0.2, 0.25) is 0 Å². The molecule has 2 aromatic rings. The van der Waals surface area contributed by atoms with Crippen molar-refractivity contribution in [2.75, 3.05) is 13.2 Å². The highest BCUT2D eigenvalue weighted by molar-refractivity contribution is 5.82. The highest BCUT2D eigenvalue weighted by atomic mass is 19.1. The number of benzene rings is 2. The second-order valence-corrected chi connectivity index (χ2v) is 7.17. The van der Waals surface area contributed by atoms with Crippen LogP contribution < -0.4 is 5.73 Å². The minimum Gasteiger partial charge on any atom is -0.367 e. The van der Waals surface area contributed by atoms with Gasteiger partial charge in [0.05, 0.1) is 18.7 Å². The first-order chi connectivity index (χ1) is 13.0. The number of nitrogens with zero attached hydrogens (tertiary/aromatic N) is 1. The Hall–Kier alpha value is -2.31. The van der Waals surface area contributed by atoms with Crippen molar-refractivity contribution in [1.29, 1.82) is 0 Å². The number of amides is 1. The van der Waals surface area contributed by atoms with Crippen LogP contribution in [0, 0.1) is 5.82 Å². The van der Waals surface area contributed by atoms with Gasteiger partial charge >= 0.3 is 0 Å². The van der Waals surface area contributed by atoms with Gasteiger partial charge in [-0.1, -0.05) is 36.4 Å². The molecule has 2 N–H and O–H groups in total. The average molecular weight is 372 g/mol. The van der Waals surface area contributed by atoms with Gasteiger partial charge < -0.3 is 15.4 Å². The Labute approximate surface area is 156 Å².